The van der Waals surface area contributed by atoms with Gasteiger partial charge in [-0.2, -0.15) is 17.0 Å². The van der Waals surface area contributed by atoms with Crippen LogP contribution in [-0.4, -0.2) is 52.3 Å². The second-order valence-corrected chi connectivity index (χ2v) is 8.16. The van der Waals surface area contributed by atoms with Gasteiger partial charge in [-0.05, 0) is 19.8 Å². The molecule has 23 heavy (non-hydrogen) atoms. The predicted molar refractivity (Wildman–Crippen MR) is 86.5 cm³/mol. The maximum atomic E-state index is 12.6. The van der Waals surface area contributed by atoms with Gasteiger partial charge in [-0.15, -0.1) is 0 Å². The largest absolute Gasteiger partial charge is 0.294 e. The van der Waals surface area contributed by atoms with E-state index >= 15 is 0 Å². The fraction of sp³-hybridized carbons (Fsp3) is 0.571. The predicted octanol–water partition coefficient (Wildman–Crippen LogP) is 0.664. The molecule has 2 aromatic rings. The minimum absolute atomic E-state index is 0.231. The van der Waals surface area contributed by atoms with E-state index in [1.54, 1.807) is 6.07 Å². The van der Waals surface area contributed by atoms with Gasteiger partial charge in [-0.1, -0.05) is 6.42 Å². The van der Waals surface area contributed by atoms with Crippen LogP contribution in [0.2, 0.25) is 0 Å². The first-order valence-electron chi connectivity index (χ1n) is 7.59. The molecule has 0 saturated carbocycles. The zero-order chi connectivity index (χ0) is 16.8. The van der Waals surface area contributed by atoms with Gasteiger partial charge in [0.1, 0.15) is 0 Å². The highest BCUT2D eigenvalue weighted by Crippen LogP contribution is 2.32. The van der Waals surface area contributed by atoms with Crippen LogP contribution in [0.3, 0.4) is 0 Å². The van der Waals surface area contributed by atoms with Crippen LogP contribution in [-0.2, 0) is 10.2 Å². The summed E-state index contributed by atoms with van der Waals surface area (Å²) >= 11 is 0. The molecule has 0 radical (unpaired) electrons. The molecule has 9 heteroatoms. The lowest BCUT2D eigenvalue weighted by Gasteiger charge is -2.35. The number of piperidine rings is 1. The lowest BCUT2D eigenvalue weighted by atomic mass is 10.0. The summed E-state index contributed by atoms with van der Waals surface area (Å²) in [4.78, 5) is 16.8. The van der Waals surface area contributed by atoms with Crippen molar-refractivity contribution in [1.29, 1.82) is 0 Å². The van der Waals surface area contributed by atoms with Crippen molar-refractivity contribution in [2.75, 3.05) is 20.6 Å². The van der Waals surface area contributed by atoms with Crippen LogP contribution in [0.5, 0.6) is 0 Å². The van der Waals surface area contributed by atoms with Gasteiger partial charge >= 0.3 is 0 Å². The lowest BCUT2D eigenvalue weighted by Crippen LogP contribution is -2.45. The molecule has 1 saturated heterocycles. The normalized spacial score (nSPS) is 20.4. The zero-order valence-corrected chi connectivity index (χ0v) is 14.3. The highest BCUT2D eigenvalue weighted by molar-refractivity contribution is 7.86. The van der Waals surface area contributed by atoms with Gasteiger partial charge in [0.15, 0.2) is 5.65 Å². The van der Waals surface area contributed by atoms with Gasteiger partial charge in [0.2, 0.25) is 0 Å². The Morgan fingerprint density at radius 2 is 2.04 bits per heavy atom. The number of aromatic nitrogens is 3. The molecule has 0 aliphatic carbocycles. The number of nitrogens with zero attached hydrogens (tertiary/aromatic N) is 4. The number of hydrogen-bond acceptors (Lipinski definition) is 4. The van der Waals surface area contributed by atoms with E-state index < -0.39 is 16.3 Å². The molecule has 0 unspecified atom stereocenters. The first-order chi connectivity index (χ1) is 10.8. The molecular formula is C14H21N5O3S. The average Bonchev–Trinajstić information content (AvgIpc) is 2.88. The van der Waals surface area contributed by atoms with Crippen molar-refractivity contribution in [2.24, 2.45) is 0 Å². The van der Waals surface area contributed by atoms with Crippen LogP contribution in [0.15, 0.2) is 16.9 Å². The molecule has 1 aliphatic heterocycles. The Balaban J connectivity index is 2.09. The molecule has 126 valence electrons. The van der Waals surface area contributed by atoms with E-state index in [1.807, 2.05) is 6.92 Å². The third kappa shape index (κ3) is 2.79. The van der Waals surface area contributed by atoms with E-state index in [4.69, 9.17) is 0 Å². The summed E-state index contributed by atoms with van der Waals surface area (Å²) in [6.45, 7) is 2.29. The van der Waals surface area contributed by atoms with Gasteiger partial charge < -0.3 is 0 Å². The van der Waals surface area contributed by atoms with Crippen LogP contribution in [0, 0.1) is 6.92 Å². The Bertz CT molecular complexity index is 883. The van der Waals surface area contributed by atoms with Crippen LogP contribution in [0.25, 0.3) is 5.65 Å². The molecule has 0 bridgehead atoms. The fourth-order valence-corrected chi connectivity index (χ4v) is 4.30. The summed E-state index contributed by atoms with van der Waals surface area (Å²) in [5.74, 6) is 0. The van der Waals surface area contributed by atoms with E-state index in [0.717, 1.165) is 18.5 Å². The van der Waals surface area contributed by atoms with E-state index in [1.165, 1.54) is 33.3 Å². The summed E-state index contributed by atoms with van der Waals surface area (Å²) in [7, 11) is -0.516. The molecule has 2 aromatic heterocycles. The second-order valence-electron chi connectivity index (χ2n) is 6.06. The van der Waals surface area contributed by atoms with E-state index in [9.17, 15) is 13.2 Å². The molecular weight excluding hydrogens is 318 g/mol. The van der Waals surface area contributed by atoms with Crippen molar-refractivity contribution in [3.8, 4) is 0 Å². The minimum atomic E-state index is -3.55. The lowest BCUT2D eigenvalue weighted by molar-refractivity contribution is 0.238. The summed E-state index contributed by atoms with van der Waals surface area (Å²) in [6.07, 6.45) is 2.39. The molecule has 0 amide bonds. The molecule has 1 atom stereocenters. The van der Waals surface area contributed by atoms with Gasteiger partial charge in [-0.3, -0.25) is 9.89 Å². The number of hydrogen-bond donors (Lipinski definition) is 1. The first-order valence-corrected chi connectivity index (χ1v) is 8.99. The molecule has 8 nitrogen and oxygen atoms in total. The topological polar surface area (TPSA) is 90.8 Å². The van der Waals surface area contributed by atoms with Crippen molar-refractivity contribution in [3.05, 3.63) is 33.9 Å². The molecule has 3 rings (SSSR count). The smallest absolute Gasteiger partial charge is 0.282 e. The third-order valence-electron chi connectivity index (χ3n) is 4.15. The Hall–Kier alpha value is -1.71. The summed E-state index contributed by atoms with van der Waals surface area (Å²) < 4.78 is 29.1. The van der Waals surface area contributed by atoms with Crippen LogP contribution >= 0.6 is 0 Å². The fourth-order valence-electron chi connectivity index (χ4n) is 2.99. The molecule has 0 spiro atoms. The number of aryl methyl sites for hydroxylation is 1. The van der Waals surface area contributed by atoms with Gasteiger partial charge in [0.05, 0.1) is 11.7 Å². The van der Waals surface area contributed by atoms with Crippen LogP contribution < -0.4 is 5.56 Å². The molecule has 1 aliphatic rings. The summed E-state index contributed by atoms with van der Waals surface area (Å²) in [6, 6.07) is 2.80. The molecule has 1 fully saturated rings. The average molecular weight is 339 g/mol. The Morgan fingerprint density at radius 1 is 1.30 bits per heavy atom. The standard InChI is InChI=1S/C14H21N5O3S/c1-10-8-13-15-11(9-14(20)19(13)16-10)12-6-4-5-7-18(12)23(21,22)17(2)3/h8-9,12,16H,4-7H2,1-3H3/t12-/m1/s1. The van der Waals surface area contributed by atoms with Crippen LogP contribution in [0.4, 0.5) is 0 Å². The summed E-state index contributed by atoms with van der Waals surface area (Å²) in [5.41, 5.74) is 1.62. The van der Waals surface area contributed by atoms with Crippen LogP contribution in [0.1, 0.15) is 36.7 Å². The molecule has 1 N–H and O–H groups in total. The second kappa shape index (κ2) is 5.73. The quantitative estimate of drug-likeness (QED) is 0.889. The number of rotatable bonds is 3. The van der Waals surface area contributed by atoms with Crippen molar-refractivity contribution in [2.45, 2.75) is 32.2 Å². The maximum absolute atomic E-state index is 12.6. The SMILES string of the molecule is Cc1cc2nc([C@H]3CCCCN3S(=O)(=O)N(C)C)cc(=O)n2[nH]1. The third-order valence-corrected chi connectivity index (χ3v) is 6.10. The van der Waals surface area contributed by atoms with Crippen molar-refractivity contribution < 1.29 is 8.42 Å². The van der Waals surface area contributed by atoms with Crippen molar-refractivity contribution >= 4 is 15.9 Å². The van der Waals surface area contributed by atoms with E-state index in [-0.39, 0.29) is 5.56 Å². The Morgan fingerprint density at radius 3 is 2.74 bits per heavy atom. The minimum Gasteiger partial charge on any atom is -0.294 e. The van der Waals surface area contributed by atoms with E-state index in [2.05, 4.69) is 10.1 Å². The van der Waals surface area contributed by atoms with E-state index in [0.29, 0.717) is 24.3 Å². The van der Waals surface area contributed by atoms with Crippen molar-refractivity contribution in [1.82, 2.24) is 23.2 Å². The van der Waals surface area contributed by atoms with Gasteiger partial charge in [0, 0.05) is 38.5 Å². The maximum Gasteiger partial charge on any atom is 0.282 e. The van der Waals surface area contributed by atoms with Gasteiger partial charge in [-0.25, -0.2) is 9.50 Å². The van der Waals surface area contributed by atoms with Crippen molar-refractivity contribution in [3.63, 3.8) is 0 Å². The monoisotopic (exact) mass is 339 g/mol. The summed E-state index contributed by atoms with van der Waals surface area (Å²) in [5, 5.41) is 2.92. The highest BCUT2D eigenvalue weighted by atomic mass is 32.2. The zero-order valence-electron chi connectivity index (χ0n) is 13.5. The Kier molecular flexibility index (Phi) is 4.03. The highest BCUT2D eigenvalue weighted by Gasteiger charge is 2.35. The molecule has 0 aromatic carbocycles. The first kappa shape index (κ1) is 16.2. The number of fused-ring (bicyclic) bond motifs is 1. The molecule has 3 heterocycles. The van der Waals surface area contributed by atoms with Gasteiger partial charge in [0.25, 0.3) is 15.8 Å². The number of nitrogens with one attached hydrogen (secondary N) is 1. The Labute approximate surface area is 134 Å². The number of H-pyrrole nitrogens is 1. The number of aromatic amines is 1.